The van der Waals surface area contributed by atoms with Crippen molar-refractivity contribution in [2.75, 3.05) is 23.8 Å². The van der Waals surface area contributed by atoms with Gasteiger partial charge < -0.3 is 15.4 Å². The maximum Gasteiger partial charge on any atom is 0.338 e. The van der Waals surface area contributed by atoms with Crippen LogP contribution in [0.3, 0.4) is 0 Å². The molecule has 2 heterocycles. The molecule has 1 aliphatic heterocycles. The summed E-state index contributed by atoms with van der Waals surface area (Å²) in [6, 6.07) is 6.22. The van der Waals surface area contributed by atoms with E-state index in [2.05, 4.69) is 0 Å². The highest BCUT2D eigenvalue weighted by Crippen LogP contribution is 2.21. The van der Waals surface area contributed by atoms with Crippen molar-refractivity contribution < 1.29 is 19.1 Å². The molecule has 3 rings (SSSR count). The Morgan fingerprint density at radius 3 is 2.46 bits per heavy atom. The molecule has 2 aromatic rings. The fourth-order valence-corrected chi connectivity index (χ4v) is 2.89. The standard InChI is InChI=1S/C18H18N4O6/c1-21-15(19)14(16(25)20-18(21)27)12(23)9-28-17(26)10-4-6-11(7-5-10)22-8-2-3-13(22)24/h4-7H,2-3,8-9,19H2,1H3,(H,20,25,27). The van der Waals surface area contributed by atoms with Gasteiger partial charge in [0.25, 0.3) is 5.56 Å². The van der Waals surface area contributed by atoms with E-state index in [1.807, 2.05) is 4.98 Å². The number of nitrogen functional groups attached to an aromatic ring is 1. The summed E-state index contributed by atoms with van der Waals surface area (Å²) in [5, 5.41) is 0. The lowest BCUT2D eigenvalue weighted by molar-refractivity contribution is -0.117. The number of aromatic nitrogens is 2. The minimum Gasteiger partial charge on any atom is -0.454 e. The zero-order chi connectivity index (χ0) is 20.4. The number of amides is 1. The summed E-state index contributed by atoms with van der Waals surface area (Å²) in [6.07, 6.45) is 1.29. The number of hydrogen-bond acceptors (Lipinski definition) is 7. The van der Waals surface area contributed by atoms with Gasteiger partial charge >= 0.3 is 11.7 Å². The van der Waals surface area contributed by atoms with E-state index in [1.54, 1.807) is 17.0 Å². The zero-order valence-corrected chi connectivity index (χ0v) is 15.1. The van der Waals surface area contributed by atoms with Gasteiger partial charge in [0, 0.05) is 25.7 Å². The predicted octanol–water partition coefficient (Wildman–Crippen LogP) is -0.178. The molecular formula is C18H18N4O6. The molecule has 1 amide bonds. The van der Waals surface area contributed by atoms with Crippen molar-refractivity contribution in [2.24, 2.45) is 7.05 Å². The first-order chi connectivity index (χ1) is 13.3. The first-order valence-corrected chi connectivity index (χ1v) is 8.49. The molecule has 1 aromatic heterocycles. The normalized spacial score (nSPS) is 13.6. The number of nitrogens with zero attached hydrogens (tertiary/aromatic N) is 2. The van der Waals surface area contributed by atoms with Crippen LogP contribution in [-0.4, -0.2) is 40.4 Å². The number of carbonyl (C=O) groups is 3. The van der Waals surface area contributed by atoms with Gasteiger partial charge in [-0.25, -0.2) is 9.59 Å². The fraction of sp³-hybridized carbons (Fsp3) is 0.278. The quantitative estimate of drug-likeness (QED) is 0.536. The van der Waals surface area contributed by atoms with Gasteiger partial charge in [-0.05, 0) is 30.7 Å². The van der Waals surface area contributed by atoms with Gasteiger partial charge in [0.2, 0.25) is 11.7 Å². The molecule has 1 aromatic carbocycles. The Morgan fingerprint density at radius 1 is 1.18 bits per heavy atom. The van der Waals surface area contributed by atoms with Crippen LogP contribution in [0.5, 0.6) is 0 Å². The van der Waals surface area contributed by atoms with E-state index >= 15 is 0 Å². The Balaban J connectivity index is 1.68. The summed E-state index contributed by atoms with van der Waals surface area (Å²) in [5.74, 6) is -1.88. The number of hydrogen-bond donors (Lipinski definition) is 2. The molecule has 0 aliphatic carbocycles. The maximum absolute atomic E-state index is 12.2. The molecule has 28 heavy (non-hydrogen) atoms. The minimum absolute atomic E-state index is 0.0287. The third kappa shape index (κ3) is 3.56. The number of H-pyrrole nitrogens is 1. The van der Waals surface area contributed by atoms with Crippen LogP contribution in [0.1, 0.15) is 33.6 Å². The number of Topliss-reactive ketones (excluding diaryl/α,β-unsaturated/α-hetero) is 1. The number of aromatic amines is 1. The van der Waals surface area contributed by atoms with Gasteiger partial charge in [0.15, 0.2) is 6.61 Å². The van der Waals surface area contributed by atoms with Crippen LogP contribution in [0.25, 0.3) is 0 Å². The van der Waals surface area contributed by atoms with Crippen LogP contribution >= 0.6 is 0 Å². The Hall–Kier alpha value is -3.69. The van der Waals surface area contributed by atoms with Crippen LogP contribution in [-0.2, 0) is 16.6 Å². The van der Waals surface area contributed by atoms with Crippen LogP contribution < -0.4 is 21.9 Å². The van der Waals surface area contributed by atoms with E-state index in [9.17, 15) is 24.0 Å². The SMILES string of the molecule is Cn1c(N)c(C(=O)COC(=O)c2ccc(N3CCCC3=O)cc2)c(=O)[nH]c1=O. The van der Waals surface area contributed by atoms with E-state index in [0.29, 0.717) is 18.7 Å². The van der Waals surface area contributed by atoms with Gasteiger partial charge in [-0.3, -0.25) is 23.9 Å². The van der Waals surface area contributed by atoms with E-state index in [-0.39, 0.29) is 17.3 Å². The zero-order valence-electron chi connectivity index (χ0n) is 15.1. The molecule has 146 valence electrons. The van der Waals surface area contributed by atoms with E-state index in [4.69, 9.17) is 10.5 Å². The molecule has 0 spiro atoms. The first-order valence-electron chi connectivity index (χ1n) is 8.49. The van der Waals surface area contributed by atoms with Crippen molar-refractivity contribution in [3.63, 3.8) is 0 Å². The van der Waals surface area contributed by atoms with Crippen LogP contribution in [0.15, 0.2) is 33.9 Å². The topological polar surface area (TPSA) is 145 Å². The van der Waals surface area contributed by atoms with Crippen molar-refractivity contribution in [1.82, 2.24) is 9.55 Å². The monoisotopic (exact) mass is 386 g/mol. The summed E-state index contributed by atoms with van der Waals surface area (Å²) in [6.45, 7) is -0.0800. The molecule has 0 atom stereocenters. The van der Waals surface area contributed by atoms with Crippen molar-refractivity contribution in [3.05, 3.63) is 56.2 Å². The van der Waals surface area contributed by atoms with Gasteiger partial charge in [0.05, 0.1) is 5.56 Å². The van der Waals surface area contributed by atoms with Crippen LogP contribution in [0, 0.1) is 0 Å². The number of ketones is 1. The Labute approximate surface area is 158 Å². The molecule has 1 saturated heterocycles. The van der Waals surface area contributed by atoms with Crippen molar-refractivity contribution in [2.45, 2.75) is 12.8 Å². The maximum atomic E-state index is 12.2. The fourth-order valence-electron chi connectivity index (χ4n) is 2.89. The minimum atomic E-state index is -0.943. The Bertz CT molecular complexity index is 1070. The van der Waals surface area contributed by atoms with E-state index in [1.165, 1.54) is 19.2 Å². The molecule has 3 N–H and O–H groups in total. The highest BCUT2D eigenvalue weighted by Gasteiger charge is 2.22. The van der Waals surface area contributed by atoms with E-state index < -0.39 is 35.2 Å². The second-order valence-corrected chi connectivity index (χ2v) is 6.27. The third-order valence-electron chi connectivity index (χ3n) is 4.47. The molecule has 0 unspecified atom stereocenters. The second kappa shape index (κ2) is 7.51. The average molecular weight is 386 g/mol. The second-order valence-electron chi connectivity index (χ2n) is 6.27. The molecule has 10 heteroatoms. The molecular weight excluding hydrogens is 368 g/mol. The number of carbonyl (C=O) groups excluding carboxylic acids is 3. The molecule has 0 bridgehead atoms. The molecule has 1 fully saturated rings. The summed E-state index contributed by atoms with van der Waals surface area (Å²) < 4.78 is 5.86. The Morgan fingerprint density at radius 2 is 1.86 bits per heavy atom. The number of esters is 1. The van der Waals surface area contributed by atoms with E-state index in [0.717, 1.165) is 11.0 Å². The molecule has 0 saturated carbocycles. The Kier molecular flexibility index (Phi) is 5.12. The largest absolute Gasteiger partial charge is 0.454 e. The summed E-state index contributed by atoms with van der Waals surface area (Å²) in [7, 11) is 1.29. The number of benzene rings is 1. The number of ether oxygens (including phenoxy) is 1. The molecule has 10 nitrogen and oxygen atoms in total. The summed E-state index contributed by atoms with van der Waals surface area (Å²) >= 11 is 0. The van der Waals surface area contributed by atoms with Crippen LogP contribution in [0.2, 0.25) is 0 Å². The van der Waals surface area contributed by atoms with Crippen molar-refractivity contribution in [1.29, 1.82) is 0 Å². The van der Waals surface area contributed by atoms with Gasteiger partial charge in [-0.1, -0.05) is 0 Å². The predicted molar refractivity (Wildman–Crippen MR) is 99.4 cm³/mol. The highest BCUT2D eigenvalue weighted by atomic mass is 16.5. The summed E-state index contributed by atoms with van der Waals surface area (Å²) in [4.78, 5) is 62.9. The lowest BCUT2D eigenvalue weighted by atomic mass is 10.2. The first kappa shape index (κ1) is 19.1. The summed E-state index contributed by atoms with van der Waals surface area (Å²) in [5.41, 5.74) is 4.36. The number of anilines is 2. The average Bonchev–Trinajstić information content (AvgIpc) is 3.10. The molecule has 0 radical (unpaired) electrons. The van der Waals surface area contributed by atoms with Gasteiger partial charge in [-0.2, -0.15) is 0 Å². The van der Waals surface area contributed by atoms with Crippen molar-refractivity contribution >= 4 is 29.2 Å². The number of rotatable bonds is 5. The lowest BCUT2D eigenvalue weighted by Crippen LogP contribution is -2.35. The third-order valence-corrected chi connectivity index (χ3v) is 4.47. The highest BCUT2D eigenvalue weighted by molar-refractivity contribution is 6.02. The number of nitrogens with one attached hydrogen (secondary N) is 1. The number of nitrogens with two attached hydrogens (primary N) is 1. The smallest absolute Gasteiger partial charge is 0.338 e. The van der Waals surface area contributed by atoms with Gasteiger partial charge in [0.1, 0.15) is 11.4 Å². The van der Waals surface area contributed by atoms with Crippen molar-refractivity contribution in [3.8, 4) is 0 Å². The van der Waals surface area contributed by atoms with Gasteiger partial charge in [-0.15, -0.1) is 0 Å². The lowest BCUT2D eigenvalue weighted by Gasteiger charge is -2.15. The van der Waals surface area contributed by atoms with Crippen LogP contribution in [0.4, 0.5) is 11.5 Å². The molecule has 1 aliphatic rings.